The summed E-state index contributed by atoms with van der Waals surface area (Å²) in [7, 11) is -3.95. The molecule has 0 amide bonds. The topological polar surface area (TPSA) is 126 Å². The number of hydrogen-bond donors (Lipinski definition) is 1. The van der Waals surface area contributed by atoms with Crippen molar-refractivity contribution in [3.8, 4) is 22.8 Å². The second kappa shape index (κ2) is 7.95. The largest absolute Gasteiger partial charge is 0.344 e. The number of primary sulfonamides is 1. The molecule has 0 spiro atoms. The number of aromatic nitrogens is 5. The van der Waals surface area contributed by atoms with E-state index < -0.39 is 10.0 Å². The van der Waals surface area contributed by atoms with E-state index in [2.05, 4.69) is 15.2 Å². The van der Waals surface area contributed by atoms with Gasteiger partial charge in [-0.05, 0) is 58.0 Å². The fourth-order valence-corrected chi connectivity index (χ4v) is 4.17. The van der Waals surface area contributed by atoms with Crippen molar-refractivity contribution >= 4 is 20.9 Å². The summed E-state index contributed by atoms with van der Waals surface area (Å²) in [5.41, 5.74) is 1.70. The summed E-state index contributed by atoms with van der Waals surface area (Å²) >= 11 is 0. The van der Waals surface area contributed by atoms with Crippen molar-refractivity contribution in [3.63, 3.8) is 0 Å². The summed E-state index contributed by atoms with van der Waals surface area (Å²) in [6.45, 7) is 8.00. The Morgan fingerprint density at radius 3 is 2.31 bits per heavy atom. The van der Waals surface area contributed by atoms with Crippen LogP contribution in [-0.4, -0.2) is 32.7 Å². The van der Waals surface area contributed by atoms with E-state index in [4.69, 9.17) is 5.14 Å². The molecule has 32 heavy (non-hydrogen) atoms. The Hall–Kier alpha value is -3.37. The summed E-state index contributed by atoms with van der Waals surface area (Å²) in [6, 6.07) is 9.87. The zero-order valence-electron chi connectivity index (χ0n) is 18.2. The Morgan fingerprint density at radius 1 is 0.969 bits per heavy atom. The molecule has 9 nitrogen and oxygen atoms in total. The third kappa shape index (κ3) is 3.82. The van der Waals surface area contributed by atoms with Crippen LogP contribution in [0.2, 0.25) is 0 Å². The predicted octanol–water partition coefficient (Wildman–Crippen LogP) is 3.13. The van der Waals surface area contributed by atoms with Crippen molar-refractivity contribution in [2.24, 2.45) is 5.14 Å². The molecule has 0 atom stereocenters. The second-order valence-electron chi connectivity index (χ2n) is 8.16. The summed E-state index contributed by atoms with van der Waals surface area (Å²) in [5, 5.41) is 13.7. The number of sulfonamides is 1. The minimum atomic E-state index is -3.95. The summed E-state index contributed by atoms with van der Waals surface area (Å²) in [4.78, 5) is 18.0. The maximum Gasteiger partial charge on any atom is 0.238 e. The average molecular weight is 453 g/mol. The molecule has 1 aromatic carbocycles. The van der Waals surface area contributed by atoms with Gasteiger partial charge in [0.15, 0.2) is 11.3 Å². The van der Waals surface area contributed by atoms with Crippen LogP contribution in [-0.2, 0) is 10.0 Å². The van der Waals surface area contributed by atoms with Crippen molar-refractivity contribution in [3.05, 3.63) is 59.1 Å². The Morgan fingerprint density at radius 2 is 1.66 bits per heavy atom. The van der Waals surface area contributed by atoms with Gasteiger partial charge in [0.1, 0.15) is 12.0 Å². The minimum absolute atomic E-state index is 0.0180. The summed E-state index contributed by atoms with van der Waals surface area (Å²) in [6.07, 6.45) is 3.40. The first-order valence-corrected chi connectivity index (χ1v) is 11.7. The normalized spacial score (nSPS) is 12.2. The molecule has 0 radical (unpaired) electrons. The first kappa shape index (κ1) is 21.8. The van der Waals surface area contributed by atoms with Crippen LogP contribution in [0.25, 0.3) is 33.7 Å². The second-order valence-corrected chi connectivity index (χ2v) is 9.72. The van der Waals surface area contributed by atoms with E-state index >= 15 is 0 Å². The lowest BCUT2D eigenvalue weighted by Crippen LogP contribution is -2.17. The number of pyridine rings is 2. The van der Waals surface area contributed by atoms with E-state index in [1.165, 1.54) is 12.1 Å². The van der Waals surface area contributed by atoms with E-state index in [-0.39, 0.29) is 27.8 Å². The zero-order valence-corrected chi connectivity index (χ0v) is 19.0. The van der Waals surface area contributed by atoms with Gasteiger partial charge in [0, 0.05) is 23.7 Å². The highest BCUT2D eigenvalue weighted by atomic mass is 32.2. The molecule has 3 heterocycles. The molecule has 10 heteroatoms. The maximum absolute atomic E-state index is 13.4. The maximum atomic E-state index is 13.4. The van der Waals surface area contributed by atoms with Gasteiger partial charge < -0.3 is 9.13 Å². The van der Waals surface area contributed by atoms with E-state index in [0.717, 1.165) is 0 Å². The van der Waals surface area contributed by atoms with Crippen LogP contribution in [0.5, 0.6) is 0 Å². The summed E-state index contributed by atoms with van der Waals surface area (Å²) in [5.74, 6) is 0.600. The van der Waals surface area contributed by atoms with Crippen LogP contribution >= 0.6 is 0 Å². The lowest BCUT2D eigenvalue weighted by molar-refractivity contribution is 0.597. The third-order valence-corrected chi connectivity index (χ3v) is 6.18. The van der Waals surface area contributed by atoms with Crippen LogP contribution in [0.4, 0.5) is 0 Å². The van der Waals surface area contributed by atoms with Gasteiger partial charge in [-0.25, -0.2) is 18.5 Å². The van der Waals surface area contributed by atoms with Crippen LogP contribution in [0.1, 0.15) is 39.8 Å². The van der Waals surface area contributed by atoms with E-state index in [1.807, 2.05) is 42.9 Å². The van der Waals surface area contributed by atoms with Crippen LogP contribution in [0, 0.1) is 0 Å². The predicted molar refractivity (Wildman–Crippen MR) is 123 cm³/mol. The number of hydrogen-bond acceptors (Lipinski definition) is 6. The van der Waals surface area contributed by atoms with Crippen molar-refractivity contribution in [2.45, 2.75) is 44.7 Å². The highest BCUT2D eigenvalue weighted by Gasteiger charge is 2.18. The minimum Gasteiger partial charge on any atom is -0.344 e. The lowest BCUT2D eigenvalue weighted by Gasteiger charge is -2.17. The molecule has 4 rings (SSSR count). The Kier molecular flexibility index (Phi) is 5.43. The monoisotopic (exact) mass is 452 g/mol. The number of fused-ring (bicyclic) bond motifs is 1. The van der Waals surface area contributed by atoms with Gasteiger partial charge in [-0.2, -0.15) is 0 Å². The Balaban J connectivity index is 1.98. The Bertz CT molecular complexity index is 1490. The van der Waals surface area contributed by atoms with E-state index in [9.17, 15) is 13.2 Å². The van der Waals surface area contributed by atoms with E-state index in [0.29, 0.717) is 28.3 Å². The third-order valence-electron chi connectivity index (χ3n) is 5.27. The lowest BCUT2D eigenvalue weighted by atomic mass is 10.1. The molecule has 0 unspecified atom stereocenters. The highest BCUT2D eigenvalue weighted by Crippen LogP contribution is 2.26. The number of nitrogens with two attached hydrogens (primary N) is 1. The molecule has 3 aromatic heterocycles. The van der Waals surface area contributed by atoms with Crippen LogP contribution in [0.3, 0.4) is 0 Å². The fraction of sp³-hybridized carbons (Fsp3) is 0.273. The molecule has 0 saturated heterocycles. The van der Waals surface area contributed by atoms with Gasteiger partial charge in [-0.1, -0.05) is 6.07 Å². The summed E-state index contributed by atoms with van der Waals surface area (Å²) < 4.78 is 27.6. The molecule has 2 N–H and O–H groups in total. The van der Waals surface area contributed by atoms with Crippen molar-refractivity contribution in [1.29, 1.82) is 0 Å². The van der Waals surface area contributed by atoms with Crippen molar-refractivity contribution in [2.75, 3.05) is 0 Å². The molecular weight excluding hydrogens is 428 g/mol. The number of benzene rings is 1. The van der Waals surface area contributed by atoms with Gasteiger partial charge in [0.05, 0.1) is 21.7 Å². The molecule has 4 aromatic rings. The standard InChI is InChI=1S/C22H24N6O3S/c1-13(2)27-11-17(21(29)16-10-15(32(23,30)31)8-9-20(16)27)18-6-5-7-19(25-18)22-26-24-12-28(22)14(3)4/h5-14H,1-4H3,(H2,23,30,31). The highest BCUT2D eigenvalue weighted by molar-refractivity contribution is 7.89. The van der Waals surface area contributed by atoms with Gasteiger partial charge >= 0.3 is 0 Å². The van der Waals surface area contributed by atoms with E-state index in [1.54, 1.807) is 30.7 Å². The molecule has 0 aliphatic rings. The fourth-order valence-electron chi connectivity index (χ4n) is 3.63. The first-order chi connectivity index (χ1) is 15.1. The van der Waals surface area contributed by atoms with Crippen molar-refractivity contribution < 1.29 is 8.42 Å². The molecule has 0 fully saturated rings. The quantitative estimate of drug-likeness (QED) is 0.496. The van der Waals surface area contributed by atoms with Gasteiger partial charge in [0.25, 0.3) is 0 Å². The zero-order chi connectivity index (χ0) is 23.2. The molecule has 0 aliphatic carbocycles. The van der Waals surface area contributed by atoms with Gasteiger partial charge in [-0.15, -0.1) is 10.2 Å². The van der Waals surface area contributed by atoms with Gasteiger partial charge in [-0.3, -0.25) is 4.79 Å². The van der Waals surface area contributed by atoms with Crippen LogP contribution < -0.4 is 10.6 Å². The first-order valence-electron chi connectivity index (χ1n) is 10.2. The molecule has 0 bridgehead atoms. The smallest absolute Gasteiger partial charge is 0.238 e. The van der Waals surface area contributed by atoms with Crippen molar-refractivity contribution in [1.82, 2.24) is 24.3 Å². The SMILES string of the molecule is CC(C)n1cnnc1-c1cccc(-c2cn(C(C)C)c3ccc(S(N)(=O)=O)cc3c2=O)n1. The average Bonchev–Trinajstić information content (AvgIpc) is 3.23. The molecule has 166 valence electrons. The number of nitrogens with zero attached hydrogens (tertiary/aromatic N) is 5. The molecule has 0 aliphatic heterocycles. The van der Waals surface area contributed by atoms with Gasteiger partial charge in [0.2, 0.25) is 10.0 Å². The van der Waals surface area contributed by atoms with Crippen LogP contribution in [0.15, 0.2) is 58.6 Å². The molecular formula is C22H24N6O3S. The Labute approximate surface area is 185 Å². The number of rotatable bonds is 5. The molecule has 0 saturated carbocycles.